The largest absolute Gasteiger partial charge is 0.456 e. The number of pyridine rings is 1. The molecule has 2 heteroatoms. The highest BCUT2D eigenvalue weighted by Crippen LogP contribution is 2.49. The molecule has 1 aromatic heterocycles. The summed E-state index contributed by atoms with van der Waals surface area (Å²) in [5.74, 6) is 1.70. The summed E-state index contributed by atoms with van der Waals surface area (Å²) in [4.78, 5) is 5.29. The SMILES string of the molecule is C1=C(c2ccccc2)Oc2ccccc2/C1=C\C=C1\c2ccccc2-c2nc(-c3ccccc3)cc(-c3ccccc3)c21. The second-order valence-electron chi connectivity index (χ2n) is 10.7. The van der Waals surface area contributed by atoms with Crippen LogP contribution in [-0.4, -0.2) is 4.98 Å². The molecule has 0 atom stereocenters. The minimum absolute atomic E-state index is 0.843. The molecule has 2 heterocycles. The van der Waals surface area contributed by atoms with Crippen LogP contribution in [0.4, 0.5) is 0 Å². The van der Waals surface area contributed by atoms with Gasteiger partial charge < -0.3 is 4.74 Å². The number of nitrogens with zero attached hydrogens (tertiary/aromatic N) is 1. The molecule has 0 amide bonds. The van der Waals surface area contributed by atoms with Crippen molar-refractivity contribution in [3.8, 4) is 39.4 Å². The Balaban J connectivity index is 1.36. The Bertz CT molecular complexity index is 2070. The van der Waals surface area contributed by atoms with Crippen LogP contribution in [0.2, 0.25) is 0 Å². The molecule has 6 aromatic rings. The van der Waals surface area contributed by atoms with Crippen LogP contribution in [0.5, 0.6) is 5.75 Å². The van der Waals surface area contributed by atoms with Gasteiger partial charge in [0.15, 0.2) is 0 Å². The molecule has 0 radical (unpaired) electrons. The molecule has 0 saturated heterocycles. The van der Waals surface area contributed by atoms with Crippen molar-refractivity contribution < 1.29 is 4.74 Å². The van der Waals surface area contributed by atoms with Crippen molar-refractivity contribution >= 4 is 16.9 Å². The van der Waals surface area contributed by atoms with Gasteiger partial charge in [0.25, 0.3) is 0 Å². The quantitative estimate of drug-likeness (QED) is 0.218. The molecule has 0 fully saturated rings. The van der Waals surface area contributed by atoms with E-state index in [9.17, 15) is 0 Å². The van der Waals surface area contributed by atoms with E-state index in [4.69, 9.17) is 9.72 Å². The first-order valence-electron chi connectivity index (χ1n) is 14.6. The summed E-state index contributed by atoms with van der Waals surface area (Å²) in [5.41, 5.74) is 13.4. The van der Waals surface area contributed by atoms with Crippen molar-refractivity contribution in [1.82, 2.24) is 4.98 Å². The van der Waals surface area contributed by atoms with E-state index in [1.165, 1.54) is 22.3 Å². The van der Waals surface area contributed by atoms with Crippen LogP contribution in [-0.2, 0) is 0 Å². The molecule has 2 nitrogen and oxygen atoms in total. The number of ether oxygens (including phenoxy) is 1. The Labute approximate surface area is 251 Å². The number of para-hydroxylation sites is 1. The van der Waals surface area contributed by atoms with Crippen LogP contribution >= 0.6 is 0 Å². The van der Waals surface area contributed by atoms with Crippen molar-refractivity contribution in [2.75, 3.05) is 0 Å². The van der Waals surface area contributed by atoms with Crippen molar-refractivity contribution in [1.29, 1.82) is 0 Å². The average Bonchev–Trinajstić information content (AvgIpc) is 3.41. The third-order valence-electron chi connectivity index (χ3n) is 8.11. The van der Waals surface area contributed by atoms with E-state index in [1.807, 2.05) is 36.4 Å². The molecule has 0 N–H and O–H groups in total. The lowest BCUT2D eigenvalue weighted by Gasteiger charge is -2.20. The molecule has 1 aliphatic carbocycles. The highest BCUT2D eigenvalue weighted by Gasteiger charge is 2.29. The number of hydrogen-bond acceptors (Lipinski definition) is 2. The minimum atomic E-state index is 0.843. The molecule has 0 bridgehead atoms. The molecule has 5 aromatic carbocycles. The number of fused-ring (bicyclic) bond motifs is 4. The zero-order valence-electron chi connectivity index (χ0n) is 23.4. The van der Waals surface area contributed by atoms with Crippen LogP contribution < -0.4 is 4.74 Å². The number of benzene rings is 5. The lowest BCUT2D eigenvalue weighted by Crippen LogP contribution is -2.03. The van der Waals surface area contributed by atoms with E-state index in [0.717, 1.165) is 56.3 Å². The van der Waals surface area contributed by atoms with Crippen LogP contribution in [0.3, 0.4) is 0 Å². The summed E-state index contributed by atoms with van der Waals surface area (Å²) >= 11 is 0. The monoisotopic (exact) mass is 549 g/mol. The zero-order chi connectivity index (χ0) is 28.6. The molecule has 0 unspecified atom stereocenters. The average molecular weight is 550 g/mol. The van der Waals surface area contributed by atoms with Crippen LogP contribution in [0.15, 0.2) is 164 Å². The van der Waals surface area contributed by atoms with Crippen LogP contribution in [0.25, 0.3) is 50.5 Å². The van der Waals surface area contributed by atoms with Gasteiger partial charge in [0, 0.05) is 27.8 Å². The van der Waals surface area contributed by atoms with E-state index in [-0.39, 0.29) is 0 Å². The van der Waals surface area contributed by atoms with Gasteiger partial charge in [-0.1, -0.05) is 146 Å². The Morgan fingerprint density at radius 2 is 1.07 bits per heavy atom. The van der Waals surface area contributed by atoms with Crippen molar-refractivity contribution in [3.63, 3.8) is 0 Å². The third kappa shape index (κ3) is 4.50. The summed E-state index contributed by atoms with van der Waals surface area (Å²) in [7, 11) is 0. The Morgan fingerprint density at radius 1 is 0.488 bits per heavy atom. The maximum Gasteiger partial charge on any atom is 0.135 e. The number of rotatable bonds is 4. The van der Waals surface area contributed by atoms with Crippen molar-refractivity contribution in [3.05, 3.63) is 186 Å². The molecule has 0 saturated carbocycles. The van der Waals surface area contributed by atoms with Gasteiger partial charge in [0.1, 0.15) is 11.5 Å². The summed E-state index contributed by atoms with van der Waals surface area (Å²) in [6.07, 6.45) is 6.63. The fraction of sp³-hybridized carbons (Fsp3) is 0. The zero-order valence-corrected chi connectivity index (χ0v) is 23.4. The first-order chi connectivity index (χ1) is 21.3. The first-order valence-corrected chi connectivity index (χ1v) is 14.6. The van der Waals surface area contributed by atoms with Crippen LogP contribution in [0.1, 0.15) is 22.3 Å². The second-order valence-corrected chi connectivity index (χ2v) is 10.7. The molecule has 1 aliphatic heterocycles. The van der Waals surface area contributed by atoms with E-state index in [1.54, 1.807) is 0 Å². The molecule has 8 rings (SSSR count). The summed E-state index contributed by atoms with van der Waals surface area (Å²) in [5, 5.41) is 0. The number of allylic oxidation sites excluding steroid dienone is 4. The van der Waals surface area contributed by atoms with Gasteiger partial charge in [-0.05, 0) is 46.0 Å². The van der Waals surface area contributed by atoms with Crippen LogP contribution in [0, 0.1) is 0 Å². The second kappa shape index (κ2) is 10.6. The predicted octanol–water partition coefficient (Wildman–Crippen LogP) is 10.3. The lowest BCUT2D eigenvalue weighted by molar-refractivity contribution is 0.509. The van der Waals surface area contributed by atoms with Gasteiger partial charge in [-0.15, -0.1) is 0 Å². The molecular weight excluding hydrogens is 522 g/mol. The van der Waals surface area contributed by atoms with Gasteiger partial charge in [-0.2, -0.15) is 0 Å². The summed E-state index contributed by atoms with van der Waals surface area (Å²) in [6, 6.07) is 50.5. The topological polar surface area (TPSA) is 22.1 Å². The van der Waals surface area contributed by atoms with Crippen molar-refractivity contribution in [2.45, 2.75) is 0 Å². The lowest BCUT2D eigenvalue weighted by atomic mass is 9.92. The highest BCUT2D eigenvalue weighted by atomic mass is 16.5. The fourth-order valence-corrected chi connectivity index (χ4v) is 6.06. The maximum absolute atomic E-state index is 6.35. The molecule has 202 valence electrons. The number of hydrogen-bond donors (Lipinski definition) is 0. The van der Waals surface area contributed by atoms with Gasteiger partial charge in [0.2, 0.25) is 0 Å². The van der Waals surface area contributed by atoms with Gasteiger partial charge in [-0.3, -0.25) is 0 Å². The fourth-order valence-electron chi connectivity index (χ4n) is 6.06. The number of aromatic nitrogens is 1. The minimum Gasteiger partial charge on any atom is -0.456 e. The highest BCUT2D eigenvalue weighted by molar-refractivity contribution is 6.06. The normalized spacial score (nSPS) is 14.9. The smallest absolute Gasteiger partial charge is 0.135 e. The van der Waals surface area contributed by atoms with Gasteiger partial charge >= 0.3 is 0 Å². The predicted molar refractivity (Wildman–Crippen MR) is 177 cm³/mol. The molecular formula is C41H27NO. The molecule has 2 aliphatic rings. The third-order valence-corrected chi connectivity index (χ3v) is 8.11. The first kappa shape index (κ1) is 25.0. The summed E-state index contributed by atoms with van der Waals surface area (Å²) in [6.45, 7) is 0. The molecule has 0 spiro atoms. The Morgan fingerprint density at radius 3 is 1.79 bits per heavy atom. The van der Waals surface area contributed by atoms with Gasteiger partial charge in [-0.25, -0.2) is 4.98 Å². The standard InChI is InChI=1S/C41H27NO/c1-4-14-28(15-5-1)36-27-37(29-16-6-2-7-17-29)42-41-35-22-11-10-21-33(35)34(40(36)41)25-24-31-26-39(30-18-8-3-9-19-30)43-38-23-13-12-20-32(31)38/h1-27H/b31-24-,34-25-. The van der Waals surface area contributed by atoms with E-state index >= 15 is 0 Å². The Hall–Kier alpha value is -5.73. The Kier molecular flexibility index (Phi) is 6.16. The van der Waals surface area contributed by atoms with E-state index < -0.39 is 0 Å². The summed E-state index contributed by atoms with van der Waals surface area (Å²) < 4.78 is 6.35. The van der Waals surface area contributed by atoms with Crippen molar-refractivity contribution in [2.24, 2.45) is 0 Å². The maximum atomic E-state index is 6.35. The molecule has 43 heavy (non-hydrogen) atoms. The van der Waals surface area contributed by atoms with Gasteiger partial charge in [0.05, 0.1) is 11.4 Å². The van der Waals surface area contributed by atoms with E-state index in [0.29, 0.717) is 0 Å². The van der Waals surface area contributed by atoms with E-state index in [2.05, 4.69) is 127 Å².